The Morgan fingerprint density at radius 3 is 2.06 bits per heavy atom. The summed E-state index contributed by atoms with van der Waals surface area (Å²) in [6, 6.07) is 0. The van der Waals surface area contributed by atoms with Gasteiger partial charge in [-0.3, -0.25) is 19.2 Å². The third-order valence-electron chi connectivity index (χ3n) is 6.56. The van der Waals surface area contributed by atoms with Gasteiger partial charge < -0.3 is 33.2 Å². The third-order valence-corrected chi connectivity index (χ3v) is 6.56. The van der Waals surface area contributed by atoms with Crippen LogP contribution < -0.4 is 0 Å². The predicted octanol–water partition coefficient (Wildman–Crippen LogP) is 2.01. The number of carbonyl (C=O) groups excluding carboxylic acids is 4. The van der Waals surface area contributed by atoms with E-state index in [0.29, 0.717) is 5.92 Å². The lowest BCUT2D eigenvalue weighted by atomic mass is 9.84. The Balaban J connectivity index is 1.95. The van der Waals surface area contributed by atoms with Crippen molar-refractivity contribution in [1.29, 1.82) is 0 Å². The van der Waals surface area contributed by atoms with E-state index in [-0.39, 0.29) is 18.4 Å². The van der Waals surface area contributed by atoms with E-state index in [2.05, 4.69) is 6.92 Å². The molecule has 2 heterocycles. The van der Waals surface area contributed by atoms with E-state index in [1.807, 2.05) is 6.92 Å². The van der Waals surface area contributed by atoms with Crippen LogP contribution in [0.25, 0.3) is 0 Å². The smallest absolute Gasteiger partial charge is 0.303 e. The molecule has 35 heavy (non-hydrogen) atoms. The molecule has 3 aliphatic rings. The Morgan fingerprint density at radius 1 is 0.857 bits per heavy atom. The highest BCUT2D eigenvalue weighted by atomic mass is 16.8. The first-order chi connectivity index (χ1) is 16.5. The number of carbonyl (C=O) groups is 4. The van der Waals surface area contributed by atoms with Crippen LogP contribution in [-0.2, 0) is 52.3 Å². The Labute approximate surface area is 204 Å². The van der Waals surface area contributed by atoms with Gasteiger partial charge in [-0.2, -0.15) is 0 Å². The molecule has 0 aromatic carbocycles. The number of fused-ring (bicyclic) bond motifs is 1. The lowest BCUT2D eigenvalue weighted by Crippen LogP contribution is -2.63. The monoisotopic (exact) mass is 498 g/mol. The van der Waals surface area contributed by atoms with Crippen LogP contribution in [0.4, 0.5) is 0 Å². The number of rotatable bonds is 7. The predicted molar refractivity (Wildman–Crippen MR) is 117 cm³/mol. The minimum absolute atomic E-state index is 0.0341. The lowest BCUT2D eigenvalue weighted by Gasteiger charge is -2.46. The Morgan fingerprint density at radius 2 is 1.46 bits per heavy atom. The molecule has 9 atom stereocenters. The largest absolute Gasteiger partial charge is 0.472 e. The van der Waals surface area contributed by atoms with Crippen molar-refractivity contribution in [3.63, 3.8) is 0 Å². The fourth-order valence-corrected chi connectivity index (χ4v) is 5.12. The van der Waals surface area contributed by atoms with E-state index < -0.39 is 60.9 Å². The van der Waals surface area contributed by atoms with Crippen molar-refractivity contribution in [2.75, 3.05) is 6.61 Å². The van der Waals surface area contributed by atoms with Crippen molar-refractivity contribution in [1.82, 2.24) is 0 Å². The molecule has 0 unspecified atom stereocenters. The lowest BCUT2D eigenvalue weighted by molar-refractivity contribution is -0.344. The van der Waals surface area contributed by atoms with E-state index in [4.69, 9.17) is 33.2 Å². The summed E-state index contributed by atoms with van der Waals surface area (Å²) < 4.78 is 39.6. The molecule has 196 valence electrons. The Hall–Kier alpha value is -2.66. The quantitative estimate of drug-likeness (QED) is 0.377. The summed E-state index contributed by atoms with van der Waals surface area (Å²) in [5.74, 6) is -2.05. The highest BCUT2D eigenvalue weighted by molar-refractivity contribution is 5.68. The van der Waals surface area contributed by atoms with E-state index in [9.17, 15) is 19.2 Å². The van der Waals surface area contributed by atoms with Crippen LogP contribution in [0.5, 0.6) is 0 Å². The minimum Gasteiger partial charge on any atom is -0.472 e. The molecule has 0 radical (unpaired) electrons. The summed E-state index contributed by atoms with van der Waals surface area (Å²) in [6.07, 6.45) is -3.18. The van der Waals surface area contributed by atoms with Crippen molar-refractivity contribution in [3.05, 3.63) is 11.8 Å². The Bertz CT molecular complexity index is 852. The molecule has 1 saturated carbocycles. The van der Waals surface area contributed by atoms with Gasteiger partial charge in [-0.05, 0) is 37.2 Å². The van der Waals surface area contributed by atoms with E-state index in [1.165, 1.54) is 27.7 Å². The third kappa shape index (κ3) is 6.52. The first-order valence-electron chi connectivity index (χ1n) is 11.8. The summed E-state index contributed by atoms with van der Waals surface area (Å²) >= 11 is 0. The first kappa shape index (κ1) is 26.9. The van der Waals surface area contributed by atoms with Crippen molar-refractivity contribution >= 4 is 23.9 Å². The van der Waals surface area contributed by atoms with Crippen molar-refractivity contribution in [2.45, 2.75) is 91.4 Å². The number of esters is 4. The molecule has 11 heteroatoms. The van der Waals surface area contributed by atoms with Gasteiger partial charge in [0.15, 0.2) is 18.3 Å². The van der Waals surface area contributed by atoms with Gasteiger partial charge >= 0.3 is 23.9 Å². The molecular weight excluding hydrogens is 464 g/mol. The molecule has 0 spiro atoms. The highest BCUT2D eigenvalue weighted by Crippen LogP contribution is 2.47. The molecule has 1 saturated heterocycles. The first-order valence-corrected chi connectivity index (χ1v) is 11.8. The van der Waals surface area contributed by atoms with Crippen molar-refractivity contribution in [2.24, 2.45) is 17.8 Å². The van der Waals surface area contributed by atoms with Crippen LogP contribution in [0.15, 0.2) is 11.8 Å². The molecule has 0 bridgehead atoms. The van der Waals surface area contributed by atoms with Crippen LogP contribution in [-0.4, -0.2) is 67.5 Å². The van der Waals surface area contributed by atoms with Gasteiger partial charge in [0.2, 0.25) is 12.6 Å². The summed E-state index contributed by atoms with van der Waals surface area (Å²) in [5, 5.41) is 0. The molecule has 0 N–H and O–H groups in total. The molecule has 0 aromatic rings. The number of hydrogen-bond donors (Lipinski definition) is 0. The summed E-state index contributed by atoms with van der Waals surface area (Å²) in [4.78, 5) is 47.3. The number of allylic oxidation sites excluding steroid dienone is 1. The van der Waals surface area contributed by atoms with Gasteiger partial charge in [0.1, 0.15) is 12.7 Å². The van der Waals surface area contributed by atoms with Crippen molar-refractivity contribution in [3.8, 4) is 0 Å². The number of ether oxygens (including phenoxy) is 7. The summed E-state index contributed by atoms with van der Waals surface area (Å²) in [7, 11) is 0. The van der Waals surface area contributed by atoms with Crippen LogP contribution in [0.3, 0.4) is 0 Å². The fraction of sp³-hybridized carbons (Fsp3) is 0.750. The standard InChI is InChI=1S/C24H34O11/c1-11-7-8-17-12(2)9-30-23(19(11)17)35-24-22(33-16(6)28)21(32-15(5)27)20(31-14(4)26)18(34-24)10-29-13(3)25/h9,11,17-24H,7-8,10H2,1-6H3/t11-,17+,18+,19+,20+,21-,22+,23-,24-/m0/s1. The zero-order valence-corrected chi connectivity index (χ0v) is 20.9. The zero-order chi connectivity index (χ0) is 25.9. The van der Waals surface area contributed by atoms with Gasteiger partial charge in [0, 0.05) is 33.6 Å². The molecule has 3 rings (SSSR count). The van der Waals surface area contributed by atoms with Gasteiger partial charge in [-0.1, -0.05) is 6.92 Å². The molecular formula is C24H34O11. The minimum atomic E-state index is -1.28. The second-order valence-corrected chi connectivity index (χ2v) is 9.31. The maximum atomic E-state index is 12.0. The average molecular weight is 499 g/mol. The normalized spacial score (nSPS) is 36.2. The molecule has 1 aliphatic carbocycles. The molecule has 2 fully saturated rings. The fourth-order valence-electron chi connectivity index (χ4n) is 5.12. The molecule has 11 nitrogen and oxygen atoms in total. The molecule has 0 aromatic heterocycles. The maximum Gasteiger partial charge on any atom is 0.303 e. The average Bonchev–Trinajstić information content (AvgIpc) is 3.14. The van der Waals surface area contributed by atoms with Crippen LogP contribution in [0.2, 0.25) is 0 Å². The van der Waals surface area contributed by atoms with E-state index in [1.54, 1.807) is 6.26 Å². The summed E-state index contributed by atoms with van der Waals surface area (Å²) in [6.45, 7) is 8.57. The topological polar surface area (TPSA) is 133 Å². The zero-order valence-electron chi connectivity index (χ0n) is 20.9. The van der Waals surface area contributed by atoms with Crippen LogP contribution in [0.1, 0.15) is 54.4 Å². The van der Waals surface area contributed by atoms with Crippen LogP contribution >= 0.6 is 0 Å². The summed E-state index contributed by atoms with van der Waals surface area (Å²) in [5.41, 5.74) is 1.13. The molecule has 2 aliphatic heterocycles. The van der Waals surface area contributed by atoms with Gasteiger partial charge in [-0.25, -0.2) is 0 Å². The maximum absolute atomic E-state index is 12.0. The van der Waals surface area contributed by atoms with Gasteiger partial charge in [0.05, 0.1) is 6.26 Å². The SMILES string of the molecule is CC(=O)OC[C@H]1O[C@@H](O[C@@H]2OC=C(C)[C@H]3CC[C@H](C)[C@@H]23)[C@H](OC(C)=O)[C@@H](OC(C)=O)[C@@H]1OC(C)=O. The second kappa shape index (κ2) is 11.4. The highest BCUT2D eigenvalue weighted by Gasteiger charge is 2.55. The second-order valence-electron chi connectivity index (χ2n) is 9.31. The Kier molecular flexibility index (Phi) is 8.76. The van der Waals surface area contributed by atoms with E-state index in [0.717, 1.165) is 18.4 Å². The van der Waals surface area contributed by atoms with Crippen LogP contribution in [0, 0.1) is 17.8 Å². The van der Waals surface area contributed by atoms with Crippen molar-refractivity contribution < 1.29 is 52.3 Å². The van der Waals surface area contributed by atoms with E-state index >= 15 is 0 Å². The molecule has 0 amide bonds. The van der Waals surface area contributed by atoms with Gasteiger partial charge in [-0.15, -0.1) is 0 Å². The van der Waals surface area contributed by atoms with Gasteiger partial charge in [0.25, 0.3) is 0 Å². The number of hydrogen-bond acceptors (Lipinski definition) is 11.